The zero-order valence-corrected chi connectivity index (χ0v) is 15.0. The van der Waals surface area contributed by atoms with Gasteiger partial charge in [-0.15, -0.1) is 0 Å². The molecule has 1 saturated carbocycles. The molecule has 1 aliphatic heterocycles. The predicted octanol–water partition coefficient (Wildman–Crippen LogP) is 2.74. The molecular formula is C20H28N2O3. The van der Waals surface area contributed by atoms with E-state index >= 15 is 0 Å². The Morgan fingerprint density at radius 3 is 2.60 bits per heavy atom. The van der Waals surface area contributed by atoms with E-state index in [9.17, 15) is 9.59 Å². The van der Waals surface area contributed by atoms with Gasteiger partial charge in [0.25, 0.3) is 0 Å². The van der Waals surface area contributed by atoms with Crippen molar-refractivity contribution in [3.8, 4) is 0 Å². The lowest BCUT2D eigenvalue weighted by Gasteiger charge is -2.43. The number of nitrogens with one attached hydrogen (secondary N) is 1. The summed E-state index contributed by atoms with van der Waals surface area (Å²) in [6.45, 7) is 2.03. The summed E-state index contributed by atoms with van der Waals surface area (Å²) >= 11 is 0. The van der Waals surface area contributed by atoms with Crippen molar-refractivity contribution in [1.29, 1.82) is 0 Å². The third kappa shape index (κ3) is 4.60. The van der Waals surface area contributed by atoms with Crippen LogP contribution in [0.15, 0.2) is 24.3 Å². The minimum absolute atomic E-state index is 0.0864. The Balaban J connectivity index is 1.48. The van der Waals surface area contributed by atoms with Crippen LogP contribution in [0.4, 0.5) is 0 Å². The first kappa shape index (κ1) is 17.9. The molecule has 136 valence electrons. The number of hydrogen-bond acceptors (Lipinski definition) is 4. The van der Waals surface area contributed by atoms with Crippen molar-refractivity contribution in [3.05, 3.63) is 35.4 Å². The molecule has 25 heavy (non-hydrogen) atoms. The second-order valence-electron chi connectivity index (χ2n) is 7.19. The highest BCUT2D eigenvalue weighted by molar-refractivity contribution is 5.89. The van der Waals surface area contributed by atoms with Gasteiger partial charge in [-0.3, -0.25) is 9.69 Å². The van der Waals surface area contributed by atoms with Gasteiger partial charge in [0.15, 0.2) is 0 Å². The Morgan fingerprint density at radius 1 is 1.12 bits per heavy atom. The first-order valence-electron chi connectivity index (χ1n) is 9.35. The average Bonchev–Trinajstić information content (AvgIpc) is 2.66. The van der Waals surface area contributed by atoms with Gasteiger partial charge in [0.1, 0.15) is 0 Å². The van der Waals surface area contributed by atoms with E-state index in [1.165, 1.54) is 45.6 Å². The van der Waals surface area contributed by atoms with Gasteiger partial charge in [-0.2, -0.15) is 0 Å². The van der Waals surface area contributed by atoms with Gasteiger partial charge in [0.2, 0.25) is 5.91 Å². The van der Waals surface area contributed by atoms with E-state index in [-0.39, 0.29) is 11.9 Å². The lowest BCUT2D eigenvalue weighted by atomic mass is 9.78. The molecule has 0 radical (unpaired) electrons. The van der Waals surface area contributed by atoms with Crippen molar-refractivity contribution < 1.29 is 14.3 Å². The molecule has 5 nitrogen and oxygen atoms in total. The SMILES string of the molecule is COC(=O)c1ccc(CNC(=O)CN2CCC[C@@H]3CCCC[C@@H]32)cc1. The second kappa shape index (κ2) is 8.48. The Labute approximate surface area is 149 Å². The van der Waals surface area contributed by atoms with Crippen LogP contribution in [0.25, 0.3) is 0 Å². The predicted molar refractivity (Wildman–Crippen MR) is 96.2 cm³/mol. The number of carbonyl (C=O) groups is 2. The molecule has 1 heterocycles. The van der Waals surface area contributed by atoms with Crippen molar-refractivity contribution >= 4 is 11.9 Å². The summed E-state index contributed by atoms with van der Waals surface area (Å²) in [5, 5.41) is 3.01. The lowest BCUT2D eigenvalue weighted by molar-refractivity contribution is -0.124. The minimum Gasteiger partial charge on any atom is -0.465 e. The molecule has 0 bridgehead atoms. The van der Waals surface area contributed by atoms with E-state index in [1.54, 1.807) is 12.1 Å². The fourth-order valence-corrected chi connectivity index (χ4v) is 4.24. The Kier molecular flexibility index (Phi) is 6.08. The summed E-state index contributed by atoms with van der Waals surface area (Å²) in [5.74, 6) is 0.534. The highest BCUT2D eigenvalue weighted by atomic mass is 16.5. The first-order chi connectivity index (χ1) is 12.2. The van der Waals surface area contributed by atoms with Crippen molar-refractivity contribution in [1.82, 2.24) is 10.2 Å². The number of fused-ring (bicyclic) bond motifs is 1. The van der Waals surface area contributed by atoms with Crippen molar-refractivity contribution in [3.63, 3.8) is 0 Å². The summed E-state index contributed by atoms with van der Waals surface area (Å²) in [6.07, 6.45) is 7.76. The zero-order chi connectivity index (χ0) is 17.6. The molecule has 2 atom stereocenters. The topological polar surface area (TPSA) is 58.6 Å². The minimum atomic E-state index is -0.345. The Hall–Kier alpha value is -1.88. The molecule has 1 aromatic rings. The molecule has 2 aliphatic rings. The van der Waals surface area contributed by atoms with Gasteiger partial charge in [0.05, 0.1) is 19.2 Å². The van der Waals surface area contributed by atoms with Crippen LogP contribution >= 0.6 is 0 Å². The maximum absolute atomic E-state index is 12.4. The van der Waals surface area contributed by atoms with E-state index in [0.717, 1.165) is 18.0 Å². The quantitative estimate of drug-likeness (QED) is 0.835. The maximum atomic E-state index is 12.4. The monoisotopic (exact) mass is 344 g/mol. The smallest absolute Gasteiger partial charge is 0.337 e. The van der Waals surface area contributed by atoms with Gasteiger partial charge in [0, 0.05) is 12.6 Å². The summed E-state index contributed by atoms with van der Waals surface area (Å²) < 4.78 is 4.69. The Morgan fingerprint density at radius 2 is 1.84 bits per heavy atom. The summed E-state index contributed by atoms with van der Waals surface area (Å²) in [6, 6.07) is 7.76. The standard InChI is InChI=1S/C20H28N2O3/c1-25-20(24)17-10-8-15(9-11-17)13-21-19(23)14-22-12-4-6-16-5-2-3-7-18(16)22/h8-11,16,18H,2-7,12-14H2,1H3,(H,21,23)/t16-,18-/m0/s1. The molecule has 0 unspecified atom stereocenters. The number of methoxy groups -OCH3 is 1. The fourth-order valence-electron chi connectivity index (χ4n) is 4.24. The number of carbonyl (C=O) groups excluding carboxylic acids is 2. The summed E-state index contributed by atoms with van der Waals surface area (Å²) in [5.41, 5.74) is 1.50. The number of piperidine rings is 1. The maximum Gasteiger partial charge on any atom is 0.337 e. The molecule has 3 rings (SSSR count). The highest BCUT2D eigenvalue weighted by Crippen LogP contribution is 2.34. The number of benzene rings is 1. The molecule has 0 aromatic heterocycles. The molecule has 2 fully saturated rings. The molecule has 1 saturated heterocycles. The molecule has 5 heteroatoms. The lowest BCUT2D eigenvalue weighted by Crippen LogP contribution is -2.50. The Bertz CT molecular complexity index is 597. The summed E-state index contributed by atoms with van der Waals surface area (Å²) in [4.78, 5) is 26.2. The molecule has 1 aliphatic carbocycles. The number of nitrogens with zero attached hydrogens (tertiary/aromatic N) is 1. The summed E-state index contributed by atoms with van der Waals surface area (Å²) in [7, 11) is 1.37. The number of ether oxygens (including phenoxy) is 1. The van der Waals surface area contributed by atoms with Gasteiger partial charge >= 0.3 is 5.97 Å². The normalized spacial score (nSPS) is 23.6. The molecule has 1 N–H and O–H groups in total. The highest BCUT2D eigenvalue weighted by Gasteiger charge is 2.33. The van der Waals surface area contributed by atoms with E-state index in [0.29, 0.717) is 24.7 Å². The van der Waals surface area contributed by atoms with Crippen LogP contribution in [0, 0.1) is 5.92 Å². The fraction of sp³-hybridized carbons (Fsp3) is 0.600. The van der Waals surface area contributed by atoms with Gasteiger partial charge in [-0.1, -0.05) is 25.0 Å². The number of amides is 1. The first-order valence-corrected chi connectivity index (χ1v) is 9.35. The van der Waals surface area contributed by atoms with E-state index in [1.807, 2.05) is 12.1 Å². The van der Waals surface area contributed by atoms with Crippen molar-refractivity contribution in [2.24, 2.45) is 5.92 Å². The van der Waals surface area contributed by atoms with Gasteiger partial charge < -0.3 is 10.1 Å². The molecule has 0 spiro atoms. The third-order valence-corrected chi connectivity index (χ3v) is 5.57. The zero-order valence-electron chi connectivity index (χ0n) is 15.0. The molecule has 1 amide bonds. The van der Waals surface area contributed by atoms with Crippen LogP contribution in [0.1, 0.15) is 54.4 Å². The largest absolute Gasteiger partial charge is 0.465 e. The van der Waals surface area contributed by atoms with Crippen LogP contribution in [0.2, 0.25) is 0 Å². The second-order valence-corrected chi connectivity index (χ2v) is 7.19. The van der Waals surface area contributed by atoms with Crippen LogP contribution in [0.3, 0.4) is 0 Å². The van der Waals surface area contributed by atoms with Gasteiger partial charge in [-0.25, -0.2) is 4.79 Å². The number of rotatable bonds is 5. The number of hydrogen-bond donors (Lipinski definition) is 1. The number of likely N-dealkylation sites (tertiary alicyclic amines) is 1. The van der Waals surface area contributed by atoms with Crippen molar-refractivity contribution in [2.45, 2.75) is 51.1 Å². The number of esters is 1. The van der Waals surface area contributed by atoms with Crippen LogP contribution in [-0.4, -0.2) is 43.0 Å². The molecule has 1 aromatic carbocycles. The van der Waals surface area contributed by atoms with Crippen LogP contribution < -0.4 is 5.32 Å². The van der Waals surface area contributed by atoms with Crippen LogP contribution in [0.5, 0.6) is 0 Å². The molecular weight excluding hydrogens is 316 g/mol. The van der Waals surface area contributed by atoms with E-state index in [4.69, 9.17) is 0 Å². The van der Waals surface area contributed by atoms with Gasteiger partial charge in [-0.05, 0) is 55.8 Å². The van der Waals surface area contributed by atoms with E-state index < -0.39 is 0 Å². The van der Waals surface area contributed by atoms with E-state index in [2.05, 4.69) is 15.0 Å². The van der Waals surface area contributed by atoms with Crippen molar-refractivity contribution in [2.75, 3.05) is 20.2 Å². The average molecular weight is 344 g/mol. The third-order valence-electron chi connectivity index (χ3n) is 5.57. The van der Waals surface area contributed by atoms with Crippen LogP contribution in [-0.2, 0) is 16.1 Å².